The quantitative estimate of drug-likeness (QED) is 0.204. The highest BCUT2D eigenvalue weighted by Gasteiger charge is 1.95. The molecule has 0 aliphatic carbocycles. The summed E-state index contributed by atoms with van der Waals surface area (Å²) in [5.74, 6) is 0. The zero-order valence-electron chi connectivity index (χ0n) is 17.4. The van der Waals surface area contributed by atoms with E-state index in [0.29, 0.717) is 6.61 Å². The highest BCUT2D eigenvalue weighted by Crippen LogP contribution is 2.14. The van der Waals surface area contributed by atoms with Crippen LogP contribution in [0.1, 0.15) is 129 Å². The minimum Gasteiger partial charge on any atom is -0.394 e. The van der Waals surface area contributed by atoms with Crippen molar-refractivity contribution in [3.63, 3.8) is 0 Å². The summed E-state index contributed by atoms with van der Waals surface area (Å²) < 4.78 is 5.27. The molecule has 2 nitrogen and oxygen atoms in total. The lowest BCUT2D eigenvalue weighted by molar-refractivity contribution is 0.0895. The van der Waals surface area contributed by atoms with Gasteiger partial charge in [-0.1, -0.05) is 122 Å². The SMILES string of the molecule is CCCCCCCCCCCCCCCCCCCCCOCCO. The molecule has 0 saturated heterocycles. The van der Waals surface area contributed by atoms with Crippen LogP contribution in [-0.4, -0.2) is 24.9 Å². The number of aliphatic hydroxyl groups is 1. The van der Waals surface area contributed by atoms with Crippen LogP contribution in [0.5, 0.6) is 0 Å². The predicted molar refractivity (Wildman–Crippen MR) is 111 cm³/mol. The lowest BCUT2D eigenvalue weighted by Gasteiger charge is -2.04. The molecule has 25 heavy (non-hydrogen) atoms. The molecule has 0 heterocycles. The molecular weight excluding hydrogens is 308 g/mol. The Hall–Kier alpha value is -0.0800. The molecule has 0 saturated carbocycles. The Balaban J connectivity index is 2.94. The molecule has 0 aliphatic heterocycles. The first kappa shape index (κ1) is 24.9. The molecular formula is C23H48O2. The maximum absolute atomic E-state index is 8.60. The molecule has 0 fully saturated rings. The predicted octanol–water partition coefficient (Wildman–Crippen LogP) is 7.43. The fraction of sp³-hybridized carbons (Fsp3) is 1.00. The molecule has 0 rings (SSSR count). The second kappa shape index (κ2) is 23.9. The van der Waals surface area contributed by atoms with E-state index in [1.807, 2.05) is 0 Å². The number of unbranched alkanes of at least 4 members (excludes halogenated alkanes) is 18. The summed E-state index contributed by atoms with van der Waals surface area (Å²) in [6.07, 6.45) is 26.9. The van der Waals surface area contributed by atoms with Crippen molar-refractivity contribution in [1.29, 1.82) is 0 Å². The highest BCUT2D eigenvalue weighted by atomic mass is 16.5. The van der Waals surface area contributed by atoms with Crippen LogP contribution in [0.4, 0.5) is 0 Å². The van der Waals surface area contributed by atoms with E-state index in [0.717, 1.165) is 13.0 Å². The fourth-order valence-corrected chi connectivity index (χ4v) is 3.45. The van der Waals surface area contributed by atoms with E-state index in [1.165, 1.54) is 116 Å². The third-order valence-corrected chi connectivity index (χ3v) is 5.13. The Morgan fingerprint density at radius 3 is 1.08 bits per heavy atom. The van der Waals surface area contributed by atoms with Gasteiger partial charge in [-0.15, -0.1) is 0 Å². The molecule has 2 heteroatoms. The van der Waals surface area contributed by atoms with Crippen molar-refractivity contribution < 1.29 is 9.84 Å². The van der Waals surface area contributed by atoms with Gasteiger partial charge in [0, 0.05) is 6.61 Å². The van der Waals surface area contributed by atoms with Crippen LogP contribution in [0.2, 0.25) is 0 Å². The molecule has 0 unspecified atom stereocenters. The van der Waals surface area contributed by atoms with Gasteiger partial charge >= 0.3 is 0 Å². The van der Waals surface area contributed by atoms with Crippen molar-refractivity contribution in [2.24, 2.45) is 0 Å². The van der Waals surface area contributed by atoms with Crippen LogP contribution >= 0.6 is 0 Å². The normalized spacial score (nSPS) is 11.3. The lowest BCUT2D eigenvalue weighted by Crippen LogP contribution is -2.00. The maximum atomic E-state index is 8.60. The van der Waals surface area contributed by atoms with Gasteiger partial charge in [0.1, 0.15) is 0 Å². The lowest BCUT2D eigenvalue weighted by atomic mass is 10.0. The topological polar surface area (TPSA) is 29.5 Å². The number of ether oxygens (including phenoxy) is 1. The van der Waals surface area contributed by atoms with E-state index in [4.69, 9.17) is 9.84 Å². The van der Waals surface area contributed by atoms with Gasteiger partial charge in [0.2, 0.25) is 0 Å². The van der Waals surface area contributed by atoms with Crippen LogP contribution in [0.15, 0.2) is 0 Å². The Morgan fingerprint density at radius 1 is 0.440 bits per heavy atom. The molecule has 0 radical (unpaired) electrons. The van der Waals surface area contributed by atoms with E-state index in [2.05, 4.69) is 6.92 Å². The van der Waals surface area contributed by atoms with Gasteiger partial charge in [-0.2, -0.15) is 0 Å². The number of hydrogen-bond acceptors (Lipinski definition) is 2. The second-order valence-corrected chi connectivity index (χ2v) is 7.70. The van der Waals surface area contributed by atoms with Crippen molar-refractivity contribution >= 4 is 0 Å². The fourth-order valence-electron chi connectivity index (χ4n) is 3.45. The monoisotopic (exact) mass is 356 g/mol. The van der Waals surface area contributed by atoms with E-state index < -0.39 is 0 Å². The molecule has 0 bridgehead atoms. The number of rotatable bonds is 22. The summed E-state index contributed by atoms with van der Waals surface area (Å²) in [6, 6.07) is 0. The van der Waals surface area contributed by atoms with Crippen LogP contribution in [0.3, 0.4) is 0 Å². The van der Waals surface area contributed by atoms with E-state index >= 15 is 0 Å². The third-order valence-electron chi connectivity index (χ3n) is 5.13. The molecule has 0 aromatic carbocycles. The van der Waals surface area contributed by atoms with Gasteiger partial charge in [-0.25, -0.2) is 0 Å². The average Bonchev–Trinajstić information content (AvgIpc) is 2.63. The summed E-state index contributed by atoms with van der Waals surface area (Å²) in [6.45, 7) is 3.76. The molecule has 0 atom stereocenters. The zero-order chi connectivity index (χ0) is 18.3. The standard InChI is InChI=1S/C23H48O2/c1-2-3-4-5-6-7-8-9-10-11-12-13-14-15-16-17-18-19-20-22-25-23-21-24/h24H,2-23H2,1H3. The Kier molecular flexibility index (Phi) is 23.8. The van der Waals surface area contributed by atoms with E-state index in [9.17, 15) is 0 Å². The highest BCUT2D eigenvalue weighted by molar-refractivity contribution is 4.50. The number of hydrogen-bond donors (Lipinski definition) is 1. The minimum absolute atomic E-state index is 0.152. The van der Waals surface area contributed by atoms with Gasteiger partial charge in [0.05, 0.1) is 13.2 Å². The summed E-state index contributed by atoms with van der Waals surface area (Å²) in [4.78, 5) is 0. The Morgan fingerprint density at radius 2 is 0.760 bits per heavy atom. The zero-order valence-corrected chi connectivity index (χ0v) is 17.4. The van der Waals surface area contributed by atoms with E-state index in [-0.39, 0.29) is 6.61 Å². The smallest absolute Gasteiger partial charge is 0.0697 e. The summed E-state index contributed by atoms with van der Waals surface area (Å²) in [7, 11) is 0. The van der Waals surface area contributed by atoms with Crippen molar-refractivity contribution in [2.75, 3.05) is 19.8 Å². The van der Waals surface area contributed by atoms with Gasteiger partial charge < -0.3 is 9.84 Å². The molecule has 0 spiro atoms. The van der Waals surface area contributed by atoms with Crippen molar-refractivity contribution in [3.8, 4) is 0 Å². The first-order valence-corrected chi connectivity index (χ1v) is 11.6. The number of aliphatic hydroxyl groups excluding tert-OH is 1. The first-order valence-electron chi connectivity index (χ1n) is 11.6. The van der Waals surface area contributed by atoms with Crippen LogP contribution in [0, 0.1) is 0 Å². The van der Waals surface area contributed by atoms with Crippen LogP contribution in [-0.2, 0) is 4.74 Å². The largest absolute Gasteiger partial charge is 0.394 e. The van der Waals surface area contributed by atoms with Gasteiger partial charge in [-0.3, -0.25) is 0 Å². The van der Waals surface area contributed by atoms with Gasteiger partial charge in [0.15, 0.2) is 0 Å². The summed E-state index contributed by atoms with van der Waals surface area (Å²) >= 11 is 0. The van der Waals surface area contributed by atoms with Crippen LogP contribution in [0.25, 0.3) is 0 Å². The molecule has 152 valence electrons. The van der Waals surface area contributed by atoms with Crippen LogP contribution < -0.4 is 0 Å². The summed E-state index contributed by atoms with van der Waals surface area (Å²) in [5.41, 5.74) is 0. The first-order chi connectivity index (χ1) is 12.4. The van der Waals surface area contributed by atoms with Crippen molar-refractivity contribution in [1.82, 2.24) is 0 Å². The minimum atomic E-state index is 0.152. The van der Waals surface area contributed by atoms with Gasteiger partial charge in [-0.05, 0) is 6.42 Å². The molecule has 0 aliphatic rings. The molecule has 0 aromatic rings. The average molecular weight is 357 g/mol. The maximum Gasteiger partial charge on any atom is 0.0697 e. The Labute approximate surface area is 159 Å². The second-order valence-electron chi connectivity index (χ2n) is 7.70. The summed E-state index contributed by atoms with van der Waals surface area (Å²) in [5, 5.41) is 8.60. The molecule has 0 amide bonds. The molecule has 1 N–H and O–H groups in total. The third kappa shape index (κ3) is 23.9. The van der Waals surface area contributed by atoms with Crippen molar-refractivity contribution in [3.05, 3.63) is 0 Å². The van der Waals surface area contributed by atoms with E-state index in [1.54, 1.807) is 0 Å². The molecule has 0 aromatic heterocycles. The van der Waals surface area contributed by atoms with Gasteiger partial charge in [0.25, 0.3) is 0 Å². The van der Waals surface area contributed by atoms with Crippen molar-refractivity contribution in [2.45, 2.75) is 129 Å². The Bertz CT molecular complexity index is 196.